The molecule has 0 bridgehead atoms. The smallest absolute Gasteiger partial charge is 0.323 e. The molecule has 2 aliphatic heterocycles. The van der Waals surface area contributed by atoms with E-state index < -0.39 is 17.5 Å². The first-order valence-corrected chi connectivity index (χ1v) is 13.2. The highest BCUT2D eigenvalue weighted by Crippen LogP contribution is 2.23. The molecule has 3 aliphatic rings. The lowest BCUT2D eigenvalue weighted by atomic mass is 10.0. The molecule has 4 rings (SSSR count). The highest BCUT2D eigenvalue weighted by molar-refractivity contribution is 6.08. The number of methoxy groups -OCH3 is 2. The van der Waals surface area contributed by atoms with E-state index in [9.17, 15) is 24.3 Å². The Morgan fingerprint density at radius 3 is 2.51 bits per heavy atom. The highest BCUT2D eigenvalue weighted by atomic mass is 16.5. The first-order chi connectivity index (χ1) is 19.6. The highest BCUT2D eigenvalue weighted by Gasteiger charge is 2.40. The summed E-state index contributed by atoms with van der Waals surface area (Å²) < 4.78 is 10.3. The zero-order chi connectivity index (χ0) is 30.6. The van der Waals surface area contributed by atoms with Gasteiger partial charge < -0.3 is 25.2 Å². The first-order valence-electron chi connectivity index (χ1n) is 13.2. The molecule has 0 unspecified atom stereocenters. The second-order valence-electron chi connectivity index (χ2n) is 8.68. The average Bonchev–Trinajstić information content (AvgIpc) is 3.35. The summed E-state index contributed by atoms with van der Waals surface area (Å²) in [5, 5.41) is 16.5. The van der Waals surface area contributed by atoms with Crippen molar-refractivity contribution in [3.05, 3.63) is 53.0 Å². The van der Waals surface area contributed by atoms with Crippen LogP contribution in [0.5, 0.6) is 5.75 Å². The molecular formula is C29H37N5O7. The molecule has 0 spiro atoms. The van der Waals surface area contributed by atoms with Gasteiger partial charge in [0.1, 0.15) is 11.6 Å². The van der Waals surface area contributed by atoms with E-state index in [0.29, 0.717) is 18.1 Å². The lowest BCUT2D eigenvalue weighted by Crippen LogP contribution is -2.42. The number of carbonyl (C=O) groups excluding carboxylic acids is 4. The van der Waals surface area contributed by atoms with Crippen molar-refractivity contribution >= 4 is 29.6 Å². The minimum atomic E-state index is -1.39. The molecule has 5 amide bonds. The van der Waals surface area contributed by atoms with Gasteiger partial charge in [-0.25, -0.2) is 9.78 Å². The number of ether oxygens (including phenoxy) is 2. The Hall–Kier alpha value is -4.63. The number of carbonyl (C=O) groups is 4. The molecule has 1 aliphatic carbocycles. The van der Waals surface area contributed by atoms with E-state index >= 15 is 0 Å². The zero-order valence-corrected chi connectivity index (χ0v) is 24.2. The van der Waals surface area contributed by atoms with E-state index in [1.165, 1.54) is 18.9 Å². The first kappa shape index (κ1) is 32.6. The van der Waals surface area contributed by atoms with Gasteiger partial charge in [-0.05, 0) is 49.1 Å². The van der Waals surface area contributed by atoms with E-state index in [4.69, 9.17) is 9.47 Å². The molecule has 3 heterocycles. The molecule has 1 saturated heterocycles. The van der Waals surface area contributed by atoms with Gasteiger partial charge >= 0.3 is 6.03 Å². The van der Waals surface area contributed by atoms with Crippen LogP contribution >= 0.6 is 0 Å². The topological polar surface area (TPSA) is 159 Å². The zero-order valence-electron chi connectivity index (χ0n) is 24.2. The van der Waals surface area contributed by atoms with Crippen molar-refractivity contribution in [2.24, 2.45) is 0 Å². The van der Waals surface area contributed by atoms with Crippen LogP contribution in [0, 0.1) is 11.8 Å². The second-order valence-corrected chi connectivity index (χ2v) is 8.68. The van der Waals surface area contributed by atoms with Gasteiger partial charge in [0.05, 0.1) is 27.4 Å². The van der Waals surface area contributed by atoms with Crippen LogP contribution in [0.15, 0.2) is 47.3 Å². The molecule has 0 aromatic carbocycles. The van der Waals surface area contributed by atoms with Crippen molar-refractivity contribution in [1.82, 2.24) is 20.9 Å². The van der Waals surface area contributed by atoms with Gasteiger partial charge in [0.25, 0.3) is 11.8 Å². The maximum Gasteiger partial charge on any atom is 0.323 e. The lowest BCUT2D eigenvalue weighted by molar-refractivity contribution is -0.121. The summed E-state index contributed by atoms with van der Waals surface area (Å²) in [6.45, 7) is 7.72. The van der Waals surface area contributed by atoms with Gasteiger partial charge in [0.2, 0.25) is 5.91 Å². The third kappa shape index (κ3) is 8.18. The Morgan fingerprint density at radius 1 is 1.20 bits per heavy atom. The number of pyridine rings is 1. The fourth-order valence-electron chi connectivity index (χ4n) is 3.84. The van der Waals surface area contributed by atoms with Crippen molar-refractivity contribution in [2.45, 2.75) is 46.1 Å². The Kier molecular flexibility index (Phi) is 12.1. The number of aromatic nitrogens is 1. The van der Waals surface area contributed by atoms with E-state index in [0.717, 1.165) is 23.3 Å². The summed E-state index contributed by atoms with van der Waals surface area (Å²) in [6.07, 6.45) is 6.78. The van der Waals surface area contributed by atoms with Crippen LogP contribution in [-0.4, -0.2) is 73.3 Å². The molecule has 0 saturated carbocycles. The Labute approximate surface area is 239 Å². The predicted molar refractivity (Wildman–Crippen MR) is 153 cm³/mol. The second kappa shape index (κ2) is 15.2. The minimum Gasteiger partial charge on any atom is -0.497 e. The standard InChI is InChI=1S/C17H20N4O5.C10H11NO2.C2H6/c1-4-14(23)21(9-10-22)13-6-5-12(26-3)11(18-13)7-8-17(2)15(24)19-16(25)20-17;1-13-8-4-2-3-7-6-11-10(12)9(7)5-8;1-2/h5-6,22H,4,9-10H2,1-3H3,(H2,19,20,24,25);2,4-5H,3,6H2,1H3,(H,11,12);1-2H3/t17-;;/m0../s1. The van der Waals surface area contributed by atoms with Crippen molar-refractivity contribution < 1.29 is 33.8 Å². The largest absolute Gasteiger partial charge is 0.497 e. The van der Waals surface area contributed by atoms with Crippen LogP contribution < -0.4 is 25.6 Å². The normalized spacial score (nSPS) is 18.4. The number of aliphatic hydroxyl groups excluding tert-OH is 1. The summed E-state index contributed by atoms with van der Waals surface area (Å²) in [7, 11) is 3.05. The van der Waals surface area contributed by atoms with Crippen molar-refractivity contribution in [2.75, 3.05) is 38.8 Å². The van der Waals surface area contributed by atoms with Crippen LogP contribution in [0.4, 0.5) is 10.6 Å². The number of amides is 5. The number of aliphatic hydroxyl groups is 1. The van der Waals surface area contributed by atoms with Gasteiger partial charge in [-0.3, -0.25) is 24.6 Å². The monoisotopic (exact) mass is 567 g/mol. The van der Waals surface area contributed by atoms with Crippen LogP contribution in [0.1, 0.15) is 46.2 Å². The number of hydrogen-bond donors (Lipinski definition) is 4. The molecule has 0 radical (unpaired) electrons. The lowest BCUT2D eigenvalue weighted by Gasteiger charge is -2.20. The third-order valence-electron chi connectivity index (χ3n) is 6.00. The quantitative estimate of drug-likeness (QED) is 0.299. The van der Waals surface area contributed by atoms with Crippen LogP contribution in [0.2, 0.25) is 0 Å². The Morgan fingerprint density at radius 2 is 1.93 bits per heavy atom. The van der Waals surface area contributed by atoms with E-state index in [-0.39, 0.29) is 37.1 Å². The third-order valence-corrected chi connectivity index (χ3v) is 6.00. The van der Waals surface area contributed by atoms with Gasteiger partial charge in [-0.2, -0.15) is 0 Å². The fourth-order valence-corrected chi connectivity index (χ4v) is 3.84. The number of anilines is 1. The molecule has 1 atom stereocenters. The Balaban J connectivity index is 0.000000326. The summed E-state index contributed by atoms with van der Waals surface area (Å²) in [5.41, 5.74) is 0.728. The molecule has 12 nitrogen and oxygen atoms in total. The number of urea groups is 1. The van der Waals surface area contributed by atoms with E-state index in [1.54, 1.807) is 32.2 Å². The predicted octanol–water partition coefficient (Wildman–Crippen LogP) is 1.70. The van der Waals surface area contributed by atoms with Gasteiger partial charge in [0, 0.05) is 18.5 Å². The molecule has 1 aromatic heterocycles. The maximum atomic E-state index is 12.1. The number of hydrogen-bond acceptors (Lipinski definition) is 8. The SMILES string of the molecule is CC.CCC(=O)N(CCO)c1ccc(OC)c(C#C[C@]2(C)NC(=O)NC2=O)n1.COC1=CC2=C(CC=C1)CNC2=O. The molecule has 41 heavy (non-hydrogen) atoms. The summed E-state index contributed by atoms with van der Waals surface area (Å²) in [5.74, 6) is 6.05. The summed E-state index contributed by atoms with van der Waals surface area (Å²) in [6, 6.07) is 2.55. The van der Waals surface area contributed by atoms with Gasteiger partial charge in [-0.15, -0.1) is 0 Å². The van der Waals surface area contributed by atoms with E-state index in [2.05, 4.69) is 32.8 Å². The summed E-state index contributed by atoms with van der Waals surface area (Å²) in [4.78, 5) is 52.2. The van der Waals surface area contributed by atoms with Crippen LogP contribution in [0.3, 0.4) is 0 Å². The molecule has 1 fully saturated rings. The molecule has 4 N–H and O–H groups in total. The van der Waals surface area contributed by atoms with Gasteiger partial charge in [0.15, 0.2) is 17.0 Å². The van der Waals surface area contributed by atoms with Gasteiger partial charge in [-0.1, -0.05) is 32.8 Å². The molecule has 12 heteroatoms. The number of rotatable bonds is 6. The minimum absolute atomic E-state index is 0.00764. The van der Waals surface area contributed by atoms with Crippen LogP contribution in [-0.2, 0) is 19.1 Å². The molecule has 220 valence electrons. The molecule has 1 aromatic rings. The number of imide groups is 1. The maximum absolute atomic E-state index is 12.1. The Bertz CT molecular complexity index is 1320. The van der Waals surface area contributed by atoms with Crippen molar-refractivity contribution in [1.29, 1.82) is 0 Å². The molecular weight excluding hydrogens is 530 g/mol. The number of allylic oxidation sites excluding steroid dienone is 2. The average molecular weight is 568 g/mol. The van der Waals surface area contributed by atoms with Crippen molar-refractivity contribution in [3.63, 3.8) is 0 Å². The van der Waals surface area contributed by atoms with E-state index in [1.807, 2.05) is 26.0 Å². The number of nitrogens with zero attached hydrogens (tertiary/aromatic N) is 2. The van der Waals surface area contributed by atoms with Crippen LogP contribution in [0.25, 0.3) is 0 Å². The fraction of sp³-hybridized carbons (Fsp3) is 0.414. The number of nitrogens with one attached hydrogen (secondary N) is 3. The summed E-state index contributed by atoms with van der Waals surface area (Å²) >= 11 is 0. The van der Waals surface area contributed by atoms with Crippen molar-refractivity contribution in [3.8, 4) is 17.6 Å².